The second-order valence-corrected chi connectivity index (χ2v) is 8.51. The number of aromatic nitrogens is 1. The van der Waals surface area contributed by atoms with E-state index in [9.17, 15) is 9.59 Å². The van der Waals surface area contributed by atoms with Crippen LogP contribution in [0.3, 0.4) is 0 Å². The van der Waals surface area contributed by atoms with Crippen LogP contribution >= 0.6 is 0 Å². The summed E-state index contributed by atoms with van der Waals surface area (Å²) >= 11 is 0. The van der Waals surface area contributed by atoms with Crippen LogP contribution < -0.4 is 16.0 Å². The molecule has 1 saturated carbocycles. The molecular formula is C24H36N4O2. The van der Waals surface area contributed by atoms with Crippen LogP contribution in [0.4, 0.5) is 4.79 Å². The van der Waals surface area contributed by atoms with E-state index in [1.165, 1.54) is 35.8 Å². The Morgan fingerprint density at radius 1 is 1.03 bits per heavy atom. The number of hydrogen-bond acceptors (Lipinski definition) is 2. The number of amides is 3. The molecule has 0 aliphatic heterocycles. The molecule has 30 heavy (non-hydrogen) atoms. The zero-order chi connectivity index (χ0) is 21.2. The summed E-state index contributed by atoms with van der Waals surface area (Å²) < 4.78 is 0. The average Bonchev–Trinajstić information content (AvgIpc) is 3.13. The third-order valence-electron chi connectivity index (χ3n) is 5.95. The molecule has 2 aromatic rings. The van der Waals surface area contributed by atoms with Crippen molar-refractivity contribution in [2.24, 2.45) is 0 Å². The number of H-pyrrole nitrogens is 1. The highest BCUT2D eigenvalue weighted by atomic mass is 16.2. The van der Waals surface area contributed by atoms with Gasteiger partial charge in [-0.1, -0.05) is 37.8 Å². The van der Waals surface area contributed by atoms with Crippen molar-refractivity contribution >= 4 is 22.8 Å². The molecular weight excluding hydrogens is 376 g/mol. The lowest BCUT2D eigenvalue weighted by atomic mass is 9.96. The molecule has 0 atom stereocenters. The monoisotopic (exact) mass is 412 g/mol. The molecule has 0 spiro atoms. The number of hydrogen-bond donors (Lipinski definition) is 4. The number of aryl methyl sites for hydroxylation is 1. The van der Waals surface area contributed by atoms with E-state index >= 15 is 0 Å². The smallest absolute Gasteiger partial charge is 0.315 e. The molecule has 0 saturated heterocycles. The van der Waals surface area contributed by atoms with Gasteiger partial charge in [-0.25, -0.2) is 4.79 Å². The molecule has 3 rings (SSSR count). The van der Waals surface area contributed by atoms with Crippen LogP contribution in [0.2, 0.25) is 0 Å². The number of urea groups is 1. The zero-order valence-corrected chi connectivity index (χ0v) is 18.2. The van der Waals surface area contributed by atoms with Gasteiger partial charge in [0.05, 0.1) is 0 Å². The molecule has 0 radical (unpaired) electrons. The third kappa shape index (κ3) is 7.08. The molecule has 1 aliphatic rings. The number of carbonyl (C=O) groups excluding carboxylic acids is 2. The van der Waals surface area contributed by atoms with Crippen molar-refractivity contribution in [1.82, 2.24) is 20.9 Å². The van der Waals surface area contributed by atoms with Gasteiger partial charge >= 0.3 is 6.03 Å². The third-order valence-corrected chi connectivity index (χ3v) is 5.95. The van der Waals surface area contributed by atoms with Gasteiger partial charge in [-0.2, -0.15) is 0 Å². The lowest BCUT2D eigenvalue weighted by Gasteiger charge is -2.22. The van der Waals surface area contributed by atoms with Crippen LogP contribution in [0.15, 0.2) is 24.4 Å². The average molecular weight is 413 g/mol. The summed E-state index contributed by atoms with van der Waals surface area (Å²) in [7, 11) is 0. The van der Waals surface area contributed by atoms with Gasteiger partial charge in [0.1, 0.15) is 0 Å². The van der Waals surface area contributed by atoms with E-state index in [2.05, 4.69) is 46.1 Å². The van der Waals surface area contributed by atoms with Gasteiger partial charge in [-0.3, -0.25) is 4.79 Å². The van der Waals surface area contributed by atoms with Gasteiger partial charge in [0.15, 0.2) is 0 Å². The molecule has 3 amide bonds. The lowest BCUT2D eigenvalue weighted by Crippen LogP contribution is -2.43. The Balaban J connectivity index is 1.21. The van der Waals surface area contributed by atoms with E-state index < -0.39 is 0 Å². The van der Waals surface area contributed by atoms with Crippen molar-refractivity contribution in [2.75, 3.05) is 13.1 Å². The predicted octanol–water partition coefficient (Wildman–Crippen LogP) is 4.33. The van der Waals surface area contributed by atoms with Crippen LogP contribution in [0.1, 0.15) is 68.9 Å². The molecule has 4 N–H and O–H groups in total. The highest BCUT2D eigenvalue weighted by Crippen LogP contribution is 2.19. The molecule has 6 heteroatoms. The summed E-state index contributed by atoms with van der Waals surface area (Å²) in [4.78, 5) is 27.2. The molecule has 1 aliphatic carbocycles. The maximum Gasteiger partial charge on any atom is 0.315 e. The Morgan fingerprint density at radius 2 is 1.87 bits per heavy atom. The highest BCUT2D eigenvalue weighted by Gasteiger charge is 2.15. The van der Waals surface area contributed by atoms with E-state index in [4.69, 9.17) is 0 Å². The Bertz CT molecular complexity index is 824. The van der Waals surface area contributed by atoms with Crippen LogP contribution in [0, 0.1) is 6.92 Å². The van der Waals surface area contributed by atoms with E-state index in [0.717, 1.165) is 44.0 Å². The van der Waals surface area contributed by atoms with Crippen molar-refractivity contribution in [2.45, 2.75) is 77.2 Å². The minimum absolute atomic E-state index is 0.0490. The van der Waals surface area contributed by atoms with Crippen molar-refractivity contribution in [3.63, 3.8) is 0 Å². The fourth-order valence-electron chi connectivity index (χ4n) is 4.20. The highest BCUT2D eigenvalue weighted by molar-refractivity contribution is 5.84. The summed E-state index contributed by atoms with van der Waals surface area (Å²) in [5, 5.41) is 10.2. The zero-order valence-electron chi connectivity index (χ0n) is 18.2. The Kier molecular flexibility index (Phi) is 8.60. The molecule has 1 heterocycles. The Hall–Kier alpha value is -2.50. The minimum Gasteiger partial charge on any atom is -0.361 e. The van der Waals surface area contributed by atoms with Gasteiger partial charge in [-0.15, -0.1) is 0 Å². The number of nitrogens with one attached hydrogen (secondary N) is 4. The van der Waals surface area contributed by atoms with Crippen molar-refractivity contribution in [1.29, 1.82) is 0 Å². The summed E-state index contributed by atoms with van der Waals surface area (Å²) in [6, 6.07) is 6.70. The van der Waals surface area contributed by atoms with Crippen LogP contribution in [0.5, 0.6) is 0 Å². The Morgan fingerprint density at radius 3 is 2.70 bits per heavy atom. The van der Waals surface area contributed by atoms with Gasteiger partial charge in [0.25, 0.3) is 0 Å². The number of carbonyl (C=O) groups is 2. The normalized spacial score (nSPS) is 14.6. The summed E-state index contributed by atoms with van der Waals surface area (Å²) in [6.45, 7) is 3.41. The second-order valence-electron chi connectivity index (χ2n) is 8.51. The second kappa shape index (κ2) is 11.6. The number of fused-ring (bicyclic) bond motifs is 1. The summed E-state index contributed by atoms with van der Waals surface area (Å²) in [5.74, 6) is 0.105. The Labute approximate surface area is 179 Å². The SMILES string of the molecule is Cc1ccc2c(CCNC(=O)CCCCCNC(=O)NC3CCCCC3)c[nH]c2c1. The van der Waals surface area contributed by atoms with Crippen molar-refractivity contribution in [3.8, 4) is 0 Å². The molecule has 0 bridgehead atoms. The first kappa shape index (κ1) is 22.2. The number of rotatable bonds is 10. The lowest BCUT2D eigenvalue weighted by molar-refractivity contribution is -0.121. The molecule has 6 nitrogen and oxygen atoms in total. The fraction of sp³-hybridized carbons (Fsp3) is 0.583. The maximum absolute atomic E-state index is 12.0. The van der Waals surface area contributed by atoms with Gasteiger partial charge in [-0.05, 0) is 56.2 Å². The van der Waals surface area contributed by atoms with Gasteiger partial charge < -0.3 is 20.9 Å². The van der Waals surface area contributed by atoms with Gasteiger partial charge in [0, 0.05) is 42.7 Å². The molecule has 0 unspecified atom stereocenters. The largest absolute Gasteiger partial charge is 0.361 e. The van der Waals surface area contributed by atoms with Gasteiger partial charge in [0.2, 0.25) is 5.91 Å². The number of unbranched alkanes of at least 4 members (excludes halogenated alkanes) is 2. The quantitative estimate of drug-likeness (QED) is 0.438. The first-order chi connectivity index (χ1) is 14.6. The van der Waals surface area contributed by atoms with Crippen molar-refractivity contribution in [3.05, 3.63) is 35.5 Å². The fourth-order valence-corrected chi connectivity index (χ4v) is 4.20. The van der Waals surface area contributed by atoms with E-state index in [-0.39, 0.29) is 11.9 Å². The topological polar surface area (TPSA) is 86.0 Å². The molecule has 164 valence electrons. The van der Waals surface area contributed by atoms with Crippen LogP contribution in [0.25, 0.3) is 10.9 Å². The predicted molar refractivity (Wildman–Crippen MR) is 122 cm³/mol. The minimum atomic E-state index is -0.0490. The number of benzene rings is 1. The number of aromatic amines is 1. The first-order valence-electron chi connectivity index (χ1n) is 11.5. The van der Waals surface area contributed by atoms with Crippen molar-refractivity contribution < 1.29 is 9.59 Å². The first-order valence-corrected chi connectivity index (χ1v) is 11.5. The van der Waals surface area contributed by atoms with E-state index in [1.54, 1.807) is 0 Å². The maximum atomic E-state index is 12.0. The van der Waals surface area contributed by atoms with E-state index in [0.29, 0.717) is 25.6 Å². The summed E-state index contributed by atoms with van der Waals surface area (Å²) in [6.07, 6.45) is 12.0. The summed E-state index contributed by atoms with van der Waals surface area (Å²) in [5.41, 5.74) is 3.63. The molecule has 1 aromatic heterocycles. The van der Waals surface area contributed by atoms with E-state index in [1.807, 2.05) is 6.20 Å². The van der Waals surface area contributed by atoms with Crippen LogP contribution in [-0.2, 0) is 11.2 Å². The van der Waals surface area contributed by atoms with Crippen LogP contribution in [-0.4, -0.2) is 36.1 Å². The molecule has 1 aromatic carbocycles. The standard InChI is InChI=1S/C24H36N4O2/c1-18-11-12-21-19(17-27-22(21)16-18)13-15-25-23(29)10-6-3-7-14-26-24(30)28-20-8-4-2-5-9-20/h11-12,16-17,20,27H,2-10,13-15H2,1H3,(H,25,29)(H2,26,28,30). The molecule has 1 fully saturated rings.